The third kappa shape index (κ3) is 4.62. The molecule has 1 N–H and O–H groups in total. The number of benzene rings is 2. The van der Waals surface area contributed by atoms with Gasteiger partial charge in [-0.15, -0.1) is 11.3 Å². The van der Waals surface area contributed by atoms with Crippen molar-refractivity contribution in [2.45, 2.75) is 4.90 Å². The van der Waals surface area contributed by atoms with E-state index in [2.05, 4.69) is 10.3 Å². The molecule has 0 unspecified atom stereocenters. The van der Waals surface area contributed by atoms with Gasteiger partial charge in [-0.3, -0.25) is 10.1 Å². The first-order chi connectivity index (χ1) is 15.0. The van der Waals surface area contributed by atoms with E-state index in [4.69, 9.17) is 9.47 Å². The maximum absolute atomic E-state index is 13.0. The van der Waals surface area contributed by atoms with Crippen LogP contribution >= 0.6 is 11.3 Å². The van der Waals surface area contributed by atoms with Crippen molar-refractivity contribution in [3.63, 3.8) is 0 Å². The molecule has 2 aromatic carbocycles. The number of amides is 1. The van der Waals surface area contributed by atoms with Crippen molar-refractivity contribution in [1.82, 2.24) is 9.29 Å². The van der Waals surface area contributed by atoms with Crippen LogP contribution in [0.25, 0.3) is 11.3 Å². The van der Waals surface area contributed by atoms with Gasteiger partial charge in [-0.1, -0.05) is 30.3 Å². The van der Waals surface area contributed by atoms with Gasteiger partial charge < -0.3 is 9.47 Å². The van der Waals surface area contributed by atoms with Crippen LogP contribution in [0.1, 0.15) is 10.4 Å². The minimum absolute atomic E-state index is 0.0319. The number of rotatable bonds is 6. The Morgan fingerprint density at radius 1 is 1.16 bits per heavy atom. The van der Waals surface area contributed by atoms with Gasteiger partial charge in [0.1, 0.15) is 5.75 Å². The first kappa shape index (κ1) is 21.4. The smallest absolute Gasteiger partial charge is 0.261 e. The number of thiazole rings is 1. The summed E-state index contributed by atoms with van der Waals surface area (Å²) in [5.74, 6) is -0.219. The first-order valence-corrected chi connectivity index (χ1v) is 11.9. The predicted molar refractivity (Wildman–Crippen MR) is 118 cm³/mol. The highest BCUT2D eigenvalue weighted by molar-refractivity contribution is 7.89. The Bertz CT molecular complexity index is 1170. The van der Waals surface area contributed by atoms with Gasteiger partial charge in [0.15, 0.2) is 5.13 Å². The van der Waals surface area contributed by atoms with Crippen LogP contribution < -0.4 is 10.1 Å². The van der Waals surface area contributed by atoms with Crippen molar-refractivity contribution in [2.24, 2.45) is 0 Å². The second kappa shape index (κ2) is 9.15. The van der Waals surface area contributed by atoms with Crippen molar-refractivity contribution < 1.29 is 22.7 Å². The first-order valence-electron chi connectivity index (χ1n) is 9.57. The van der Waals surface area contributed by atoms with E-state index in [0.29, 0.717) is 18.3 Å². The summed E-state index contributed by atoms with van der Waals surface area (Å²) in [4.78, 5) is 17.4. The monoisotopic (exact) mass is 459 g/mol. The van der Waals surface area contributed by atoms with Crippen LogP contribution in [0, 0.1) is 0 Å². The molecule has 1 aromatic heterocycles. The standard InChI is InChI=1S/C21H21N3O5S2/c1-28-19-8-7-16(31(26,27)24-9-11-29-12-10-24)13-17(19)20(25)23-21-22-18(14-30-21)15-5-3-2-4-6-15/h2-8,13-14H,9-12H2,1H3,(H,22,23,25). The largest absolute Gasteiger partial charge is 0.496 e. The number of ether oxygens (including phenoxy) is 2. The Morgan fingerprint density at radius 2 is 1.90 bits per heavy atom. The molecule has 0 spiro atoms. The normalized spacial score (nSPS) is 14.9. The van der Waals surface area contributed by atoms with E-state index in [1.54, 1.807) is 0 Å². The molecule has 8 nitrogen and oxygen atoms in total. The second-order valence-electron chi connectivity index (χ2n) is 6.74. The highest BCUT2D eigenvalue weighted by atomic mass is 32.2. The lowest BCUT2D eigenvalue weighted by Gasteiger charge is -2.26. The Kier molecular flexibility index (Phi) is 6.33. The van der Waals surface area contributed by atoms with Crippen molar-refractivity contribution in [2.75, 3.05) is 38.7 Å². The number of anilines is 1. The zero-order chi connectivity index (χ0) is 21.8. The number of nitrogens with one attached hydrogen (secondary N) is 1. The molecule has 0 bridgehead atoms. The average Bonchev–Trinajstić information content (AvgIpc) is 3.28. The number of methoxy groups -OCH3 is 1. The highest BCUT2D eigenvalue weighted by Gasteiger charge is 2.28. The summed E-state index contributed by atoms with van der Waals surface area (Å²) in [7, 11) is -2.31. The minimum Gasteiger partial charge on any atom is -0.496 e. The summed E-state index contributed by atoms with van der Waals surface area (Å²) in [5, 5.41) is 5.00. The molecule has 1 amide bonds. The van der Waals surface area contributed by atoms with E-state index in [0.717, 1.165) is 11.3 Å². The molecule has 1 saturated heterocycles. The number of hydrogen-bond acceptors (Lipinski definition) is 7. The topological polar surface area (TPSA) is 97.8 Å². The Labute approximate surface area is 184 Å². The number of morpholine rings is 1. The lowest BCUT2D eigenvalue weighted by Crippen LogP contribution is -2.40. The van der Waals surface area contributed by atoms with Gasteiger partial charge in [0.2, 0.25) is 10.0 Å². The van der Waals surface area contributed by atoms with E-state index >= 15 is 0 Å². The fraction of sp³-hybridized carbons (Fsp3) is 0.238. The SMILES string of the molecule is COc1ccc(S(=O)(=O)N2CCOCC2)cc1C(=O)Nc1nc(-c2ccccc2)cs1. The van der Waals surface area contributed by atoms with Gasteiger partial charge >= 0.3 is 0 Å². The lowest BCUT2D eigenvalue weighted by atomic mass is 10.2. The predicted octanol–water partition coefficient (Wildman–Crippen LogP) is 3.09. The van der Waals surface area contributed by atoms with E-state index in [9.17, 15) is 13.2 Å². The lowest BCUT2D eigenvalue weighted by molar-refractivity contribution is 0.0730. The summed E-state index contributed by atoms with van der Waals surface area (Å²) in [6.45, 7) is 1.24. The average molecular weight is 460 g/mol. The third-order valence-corrected chi connectivity index (χ3v) is 7.47. The van der Waals surface area contributed by atoms with Crippen LogP contribution in [0.2, 0.25) is 0 Å². The van der Waals surface area contributed by atoms with Crippen LogP contribution in [0.5, 0.6) is 5.75 Å². The van der Waals surface area contributed by atoms with Gasteiger partial charge in [0.25, 0.3) is 5.91 Å². The van der Waals surface area contributed by atoms with Gasteiger partial charge in [-0.2, -0.15) is 4.31 Å². The minimum atomic E-state index is -3.74. The molecule has 10 heteroatoms. The third-order valence-electron chi connectivity index (χ3n) is 4.82. The summed E-state index contributed by atoms with van der Waals surface area (Å²) >= 11 is 1.29. The zero-order valence-corrected chi connectivity index (χ0v) is 18.4. The van der Waals surface area contributed by atoms with Gasteiger partial charge in [0.05, 0.1) is 36.5 Å². The van der Waals surface area contributed by atoms with Crippen LogP contribution in [0.3, 0.4) is 0 Å². The van der Waals surface area contributed by atoms with Crippen LogP contribution in [0.15, 0.2) is 58.8 Å². The number of carbonyl (C=O) groups excluding carboxylic acids is 1. The molecule has 0 radical (unpaired) electrons. The molecule has 4 rings (SSSR count). The van der Waals surface area contributed by atoms with Crippen molar-refractivity contribution in [3.05, 3.63) is 59.5 Å². The fourth-order valence-electron chi connectivity index (χ4n) is 3.20. The van der Waals surface area contributed by atoms with Gasteiger partial charge in [0, 0.05) is 24.0 Å². The van der Waals surface area contributed by atoms with E-state index in [1.807, 2.05) is 35.7 Å². The van der Waals surface area contributed by atoms with Gasteiger partial charge in [-0.05, 0) is 18.2 Å². The number of sulfonamides is 1. The second-order valence-corrected chi connectivity index (χ2v) is 9.53. The highest BCUT2D eigenvalue weighted by Crippen LogP contribution is 2.28. The molecule has 0 aliphatic carbocycles. The molecule has 162 valence electrons. The molecule has 0 saturated carbocycles. The summed E-state index contributed by atoms with van der Waals surface area (Å²) in [6, 6.07) is 13.9. The van der Waals surface area contributed by atoms with E-state index < -0.39 is 15.9 Å². The zero-order valence-electron chi connectivity index (χ0n) is 16.8. The molecule has 1 aliphatic rings. The summed E-state index contributed by atoms with van der Waals surface area (Å²) in [6.07, 6.45) is 0. The molecule has 1 fully saturated rings. The summed E-state index contributed by atoms with van der Waals surface area (Å²) < 4.78 is 37.8. The Hall–Kier alpha value is -2.79. The molecule has 2 heterocycles. The van der Waals surface area contributed by atoms with Crippen molar-refractivity contribution >= 4 is 32.4 Å². The maximum atomic E-state index is 13.0. The molecule has 3 aromatic rings. The Morgan fingerprint density at radius 3 is 2.61 bits per heavy atom. The number of carbonyl (C=O) groups is 1. The van der Waals surface area contributed by atoms with Crippen LogP contribution in [0.4, 0.5) is 5.13 Å². The molecular formula is C21H21N3O5S2. The fourth-order valence-corrected chi connectivity index (χ4v) is 5.35. The van der Waals surface area contributed by atoms with Gasteiger partial charge in [-0.25, -0.2) is 13.4 Å². The van der Waals surface area contributed by atoms with Crippen molar-refractivity contribution in [3.8, 4) is 17.0 Å². The molecule has 31 heavy (non-hydrogen) atoms. The Balaban J connectivity index is 1.59. The molecular weight excluding hydrogens is 438 g/mol. The number of hydrogen-bond donors (Lipinski definition) is 1. The molecule has 1 aliphatic heterocycles. The maximum Gasteiger partial charge on any atom is 0.261 e. The van der Waals surface area contributed by atoms with Crippen LogP contribution in [-0.2, 0) is 14.8 Å². The quantitative estimate of drug-likeness (QED) is 0.608. The van der Waals surface area contributed by atoms with Crippen LogP contribution in [-0.4, -0.2) is 57.0 Å². The van der Waals surface area contributed by atoms with E-state index in [-0.39, 0.29) is 29.3 Å². The molecule has 0 atom stereocenters. The number of aromatic nitrogens is 1. The summed E-state index contributed by atoms with van der Waals surface area (Å²) in [5.41, 5.74) is 1.81. The number of nitrogens with zero attached hydrogens (tertiary/aromatic N) is 2. The van der Waals surface area contributed by atoms with Crippen molar-refractivity contribution in [1.29, 1.82) is 0 Å². The van der Waals surface area contributed by atoms with E-state index in [1.165, 1.54) is 41.0 Å².